The molecule has 4 N–H and O–H groups in total. The van der Waals surface area contributed by atoms with E-state index >= 15 is 0 Å². The van der Waals surface area contributed by atoms with Gasteiger partial charge in [-0.05, 0) is 18.1 Å². The lowest BCUT2D eigenvalue weighted by Crippen LogP contribution is -2.38. The molecule has 0 aliphatic heterocycles. The van der Waals surface area contributed by atoms with Crippen molar-refractivity contribution >= 4 is 15.9 Å². The van der Waals surface area contributed by atoms with E-state index in [-0.39, 0.29) is 23.9 Å². The van der Waals surface area contributed by atoms with Crippen molar-refractivity contribution in [2.75, 3.05) is 13.1 Å². The molecular weight excluding hydrogens is 280 g/mol. The summed E-state index contributed by atoms with van der Waals surface area (Å²) in [5.74, 6) is -0.0580. The largest absolute Gasteiger partial charge is 0.355 e. The van der Waals surface area contributed by atoms with Gasteiger partial charge in [0.25, 0.3) is 0 Å². The average molecular weight is 300 g/mol. The number of pyridine rings is 1. The van der Waals surface area contributed by atoms with Gasteiger partial charge < -0.3 is 11.1 Å². The molecule has 20 heavy (non-hydrogen) atoms. The van der Waals surface area contributed by atoms with E-state index in [0.29, 0.717) is 18.2 Å². The molecule has 0 aromatic carbocycles. The summed E-state index contributed by atoms with van der Waals surface area (Å²) in [5.41, 5.74) is 5.98. The number of nitrogens with two attached hydrogens (primary N) is 1. The normalized spacial score (nSPS) is 11.6. The van der Waals surface area contributed by atoms with Gasteiger partial charge in [-0.2, -0.15) is 0 Å². The first-order valence-electron chi connectivity index (χ1n) is 6.26. The number of aromatic nitrogens is 1. The molecule has 0 fully saturated rings. The van der Waals surface area contributed by atoms with Gasteiger partial charge in [0, 0.05) is 19.3 Å². The lowest BCUT2D eigenvalue weighted by molar-refractivity contribution is -0.120. The highest BCUT2D eigenvalue weighted by Gasteiger charge is 2.15. The summed E-state index contributed by atoms with van der Waals surface area (Å²) >= 11 is 0. The van der Waals surface area contributed by atoms with Crippen LogP contribution in [0.4, 0.5) is 0 Å². The number of nitrogens with one attached hydrogen (secondary N) is 2. The first kappa shape index (κ1) is 16.5. The molecular formula is C12H20N4O3S. The fraction of sp³-hybridized carbons (Fsp3) is 0.500. The second-order valence-electron chi connectivity index (χ2n) is 4.71. The molecule has 7 nitrogen and oxygen atoms in total. The highest BCUT2D eigenvalue weighted by molar-refractivity contribution is 7.89. The van der Waals surface area contributed by atoms with Crippen LogP contribution in [0.1, 0.15) is 19.5 Å². The van der Waals surface area contributed by atoms with Crippen LogP contribution in [0, 0.1) is 5.92 Å². The number of carbonyl (C=O) groups excluding carboxylic acids is 1. The van der Waals surface area contributed by atoms with Gasteiger partial charge in [-0.1, -0.05) is 13.8 Å². The van der Waals surface area contributed by atoms with Crippen LogP contribution in [0.3, 0.4) is 0 Å². The van der Waals surface area contributed by atoms with E-state index in [1.54, 1.807) is 0 Å². The molecule has 0 radical (unpaired) electrons. The van der Waals surface area contributed by atoms with Gasteiger partial charge >= 0.3 is 0 Å². The van der Waals surface area contributed by atoms with Gasteiger partial charge in [0.2, 0.25) is 15.9 Å². The minimum Gasteiger partial charge on any atom is -0.355 e. The zero-order chi connectivity index (χ0) is 15.2. The summed E-state index contributed by atoms with van der Waals surface area (Å²) in [6, 6.07) is 2.94. The first-order chi connectivity index (χ1) is 9.35. The number of carbonyl (C=O) groups is 1. The van der Waals surface area contributed by atoms with Crippen molar-refractivity contribution < 1.29 is 13.2 Å². The highest BCUT2D eigenvalue weighted by Crippen LogP contribution is 2.07. The zero-order valence-electron chi connectivity index (χ0n) is 11.6. The molecule has 0 atom stereocenters. The maximum atomic E-state index is 11.9. The second-order valence-corrected chi connectivity index (χ2v) is 6.48. The standard InChI is InChI=1S/C12H20N4O3S/c1-9(2)6-15-12(17)8-16-20(18,19)11-4-3-10(5-13)14-7-11/h3-4,7,9,16H,5-6,8,13H2,1-2H3,(H,15,17). The Kier molecular flexibility index (Phi) is 6.05. The molecule has 0 saturated carbocycles. The maximum Gasteiger partial charge on any atom is 0.242 e. The molecule has 0 saturated heterocycles. The third-order valence-corrected chi connectivity index (χ3v) is 3.83. The minimum atomic E-state index is -3.73. The molecule has 0 bridgehead atoms. The smallest absolute Gasteiger partial charge is 0.242 e. The molecule has 1 heterocycles. The van der Waals surface area contributed by atoms with Crippen LogP contribution in [0.15, 0.2) is 23.2 Å². The minimum absolute atomic E-state index is 0.00589. The average Bonchev–Trinajstić information content (AvgIpc) is 2.43. The number of hydrogen-bond donors (Lipinski definition) is 3. The summed E-state index contributed by atoms with van der Waals surface area (Å²) in [6.45, 7) is 4.36. The fourth-order valence-corrected chi connectivity index (χ4v) is 2.24. The molecule has 1 aromatic heterocycles. The topological polar surface area (TPSA) is 114 Å². The van der Waals surface area contributed by atoms with E-state index in [1.807, 2.05) is 13.8 Å². The van der Waals surface area contributed by atoms with Gasteiger partial charge in [-0.15, -0.1) is 0 Å². The number of sulfonamides is 1. The van der Waals surface area contributed by atoms with Gasteiger partial charge in [0.1, 0.15) is 4.90 Å². The molecule has 8 heteroatoms. The summed E-state index contributed by atoms with van der Waals surface area (Å²) in [5, 5.41) is 2.63. The monoisotopic (exact) mass is 300 g/mol. The Bertz CT molecular complexity index is 540. The SMILES string of the molecule is CC(C)CNC(=O)CNS(=O)(=O)c1ccc(CN)nc1. The Hall–Kier alpha value is -1.51. The van der Waals surface area contributed by atoms with Gasteiger partial charge in [-0.25, -0.2) is 13.1 Å². The van der Waals surface area contributed by atoms with Crippen LogP contribution < -0.4 is 15.8 Å². The second kappa shape index (κ2) is 7.32. The van der Waals surface area contributed by atoms with Crippen LogP contribution in [0.2, 0.25) is 0 Å². The lowest BCUT2D eigenvalue weighted by Gasteiger charge is -2.09. The lowest BCUT2D eigenvalue weighted by atomic mass is 10.2. The van der Waals surface area contributed by atoms with E-state index in [9.17, 15) is 13.2 Å². The van der Waals surface area contributed by atoms with Crippen molar-refractivity contribution in [2.45, 2.75) is 25.3 Å². The molecule has 1 amide bonds. The van der Waals surface area contributed by atoms with Crippen molar-refractivity contribution in [3.05, 3.63) is 24.0 Å². The Morgan fingerprint density at radius 2 is 2.10 bits per heavy atom. The summed E-state index contributed by atoms with van der Waals surface area (Å²) < 4.78 is 26.0. The molecule has 1 aromatic rings. The molecule has 0 spiro atoms. The predicted molar refractivity (Wildman–Crippen MR) is 75.2 cm³/mol. The zero-order valence-corrected chi connectivity index (χ0v) is 12.4. The highest BCUT2D eigenvalue weighted by atomic mass is 32.2. The van der Waals surface area contributed by atoms with E-state index in [1.165, 1.54) is 18.3 Å². The Balaban J connectivity index is 2.58. The Morgan fingerprint density at radius 1 is 1.40 bits per heavy atom. The van der Waals surface area contributed by atoms with Crippen molar-refractivity contribution in [3.63, 3.8) is 0 Å². The van der Waals surface area contributed by atoms with E-state index in [2.05, 4.69) is 15.0 Å². The third-order valence-electron chi connectivity index (χ3n) is 2.45. The van der Waals surface area contributed by atoms with Crippen LogP contribution in [-0.2, 0) is 21.4 Å². The maximum absolute atomic E-state index is 11.9. The van der Waals surface area contributed by atoms with Crippen molar-refractivity contribution in [1.29, 1.82) is 0 Å². The third kappa shape index (κ3) is 5.24. The van der Waals surface area contributed by atoms with E-state index in [4.69, 9.17) is 5.73 Å². The fourth-order valence-electron chi connectivity index (χ4n) is 1.31. The van der Waals surface area contributed by atoms with E-state index in [0.717, 1.165) is 0 Å². The number of rotatable bonds is 7. The van der Waals surface area contributed by atoms with Crippen LogP contribution in [0.25, 0.3) is 0 Å². The summed E-state index contributed by atoms with van der Waals surface area (Å²) in [6.07, 6.45) is 1.22. The van der Waals surface area contributed by atoms with Gasteiger partial charge in [0.15, 0.2) is 0 Å². The van der Waals surface area contributed by atoms with Gasteiger partial charge in [0.05, 0.1) is 12.2 Å². The summed E-state index contributed by atoms with van der Waals surface area (Å²) in [7, 11) is -3.73. The number of amides is 1. The molecule has 0 unspecified atom stereocenters. The van der Waals surface area contributed by atoms with Crippen molar-refractivity contribution in [1.82, 2.24) is 15.0 Å². The number of hydrogen-bond acceptors (Lipinski definition) is 5. The molecule has 0 aliphatic carbocycles. The Morgan fingerprint density at radius 3 is 2.60 bits per heavy atom. The summed E-state index contributed by atoms with van der Waals surface area (Å²) in [4.78, 5) is 15.4. The van der Waals surface area contributed by atoms with Crippen molar-refractivity contribution in [2.24, 2.45) is 11.7 Å². The predicted octanol–water partition coefficient (Wildman–Crippen LogP) is -0.409. The van der Waals surface area contributed by atoms with Crippen molar-refractivity contribution in [3.8, 4) is 0 Å². The molecule has 112 valence electrons. The van der Waals surface area contributed by atoms with Crippen LogP contribution >= 0.6 is 0 Å². The van der Waals surface area contributed by atoms with Gasteiger partial charge in [-0.3, -0.25) is 9.78 Å². The van der Waals surface area contributed by atoms with E-state index < -0.39 is 10.0 Å². The Labute approximate surface area is 119 Å². The molecule has 1 rings (SSSR count). The van der Waals surface area contributed by atoms with Crippen LogP contribution in [0.5, 0.6) is 0 Å². The van der Waals surface area contributed by atoms with Crippen LogP contribution in [-0.4, -0.2) is 32.4 Å². The first-order valence-corrected chi connectivity index (χ1v) is 7.75. The quantitative estimate of drug-likeness (QED) is 0.633. The number of nitrogens with zero attached hydrogens (tertiary/aromatic N) is 1. The molecule has 0 aliphatic rings.